The Morgan fingerprint density at radius 2 is 1.77 bits per heavy atom. The molecule has 0 saturated heterocycles. The predicted octanol–water partition coefficient (Wildman–Crippen LogP) is 5.40. The van der Waals surface area contributed by atoms with Crippen LogP contribution in [0.25, 0.3) is 28.2 Å². The van der Waals surface area contributed by atoms with Gasteiger partial charge in [-0.1, -0.05) is 19.9 Å². The van der Waals surface area contributed by atoms with Gasteiger partial charge in [0.15, 0.2) is 0 Å². The Bertz CT molecular complexity index is 1040. The molecule has 1 N–H and O–H groups in total. The Balaban J connectivity index is 2.29. The van der Waals surface area contributed by atoms with Gasteiger partial charge in [0.05, 0.1) is 12.8 Å². The molecular formula is C22H19N3O. The van der Waals surface area contributed by atoms with Crippen LogP contribution in [0.15, 0.2) is 48.0 Å². The van der Waals surface area contributed by atoms with Gasteiger partial charge in [0.2, 0.25) is 0 Å². The summed E-state index contributed by atoms with van der Waals surface area (Å²) in [5.41, 5.74) is 4.96. The van der Waals surface area contributed by atoms with Crippen molar-refractivity contribution in [1.82, 2.24) is 4.98 Å². The van der Waals surface area contributed by atoms with Crippen molar-refractivity contribution in [1.29, 1.82) is 10.5 Å². The summed E-state index contributed by atoms with van der Waals surface area (Å²) in [5.74, 6) is 1.17. The van der Waals surface area contributed by atoms with E-state index in [-0.39, 0.29) is 5.57 Å². The van der Waals surface area contributed by atoms with Crippen LogP contribution in [0, 0.1) is 22.7 Å². The second-order valence-corrected chi connectivity index (χ2v) is 6.38. The standard InChI is InChI=1S/C22H19N3O/c1-14(2)17-6-9-21-19(11-17)20(10-15(12-23)13-24)22(25-21)16-4-7-18(26-3)8-5-16/h4-11,14,25H,1-3H3. The first-order chi connectivity index (χ1) is 12.6. The van der Waals surface area contributed by atoms with Crippen LogP contribution in [-0.2, 0) is 0 Å². The van der Waals surface area contributed by atoms with Crippen molar-refractivity contribution in [2.75, 3.05) is 7.11 Å². The Hall–Kier alpha value is -3.50. The summed E-state index contributed by atoms with van der Waals surface area (Å²) in [5, 5.41) is 19.4. The number of nitrogens with one attached hydrogen (secondary N) is 1. The zero-order chi connectivity index (χ0) is 18.7. The van der Waals surface area contributed by atoms with Gasteiger partial charge in [0, 0.05) is 16.5 Å². The Morgan fingerprint density at radius 1 is 1.08 bits per heavy atom. The summed E-state index contributed by atoms with van der Waals surface area (Å²) in [6, 6.07) is 17.9. The van der Waals surface area contributed by atoms with E-state index in [0.717, 1.165) is 33.5 Å². The van der Waals surface area contributed by atoms with E-state index in [1.165, 1.54) is 5.56 Å². The molecule has 4 nitrogen and oxygen atoms in total. The minimum absolute atomic E-state index is 0.0793. The lowest BCUT2D eigenvalue weighted by molar-refractivity contribution is 0.415. The summed E-state index contributed by atoms with van der Waals surface area (Å²) in [6.07, 6.45) is 1.66. The first kappa shape index (κ1) is 17.3. The largest absolute Gasteiger partial charge is 0.497 e. The fraction of sp³-hybridized carbons (Fsp3) is 0.182. The number of allylic oxidation sites excluding steroid dienone is 1. The zero-order valence-corrected chi connectivity index (χ0v) is 15.0. The van der Waals surface area contributed by atoms with Crippen molar-refractivity contribution in [3.05, 3.63) is 59.2 Å². The van der Waals surface area contributed by atoms with Gasteiger partial charge >= 0.3 is 0 Å². The van der Waals surface area contributed by atoms with E-state index in [0.29, 0.717) is 5.92 Å². The maximum absolute atomic E-state index is 9.20. The number of nitrogens with zero attached hydrogens (tertiary/aromatic N) is 2. The molecule has 3 rings (SSSR count). The number of nitriles is 2. The van der Waals surface area contributed by atoms with Crippen LogP contribution in [0.3, 0.4) is 0 Å². The SMILES string of the molecule is COc1ccc(-c2[nH]c3ccc(C(C)C)cc3c2C=C(C#N)C#N)cc1. The lowest BCUT2D eigenvalue weighted by Crippen LogP contribution is -1.87. The lowest BCUT2D eigenvalue weighted by atomic mass is 9.98. The summed E-state index contributed by atoms with van der Waals surface area (Å²) in [6.45, 7) is 4.29. The number of hydrogen-bond acceptors (Lipinski definition) is 3. The van der Waals surface area contributed by atoms with E-state index in [1.807, 2.05) is 42.5 Å². The second kappa shape index (κ2) is 7.17. The molecular weight excluding hydrogens is 322 g/mol. The summed E-state index contributed by atoms with van der Waals surface area (Å²) < 4.78 is 5.23. The van der Waals surface area contributed by atoms with Crippen molar-refractivity contribution in [2.45, 2.75) is 19.8 Å². The quantitative estimate of drug-likeness (QED) is 0.646. The van der Waals surface area contributed by atoms with Crippen molar-refractivity contribution in [3.8, 4) is 29.1 Å². The summed E-state index contributed by atoms with van der Waals surface area (Å²) in [4.78, 5) is 3.43. The molecule has 0 radical (unpaired) electrons. The van der Waals surface area contributed by atoms with Crippen LogP contribution in [0.4, 0.5) is 0 Å². The molecule has 0 aliphatic rings. The van der Waals surface area contributed by atoms with Gasteiger partial charge in [0.1, 0.15) is 23.5 Å². The van der Waals surface area contributed by atoms with Crippen LogP contribution in [0.1, 0.15) is 30.9 Å². The molecule has 3 aromatic rings. The maximum atomic E-state index is 9.20. The van der Waals surface area contributed by atoms with E-state index in [2.05, 4.69) is 31.0 Å². The van der Waals surface area contributed by atoms with Gasteiger partial charge in [0.25, 0.3) is 0 Å². The number of methoxy groups -OCH3 is 1. The average Bonchev–Trinajstić information content (AvgIpc) is 3.03. The molecule has 0 spiro atoms. The second-order valence-electron chi connectivity index (χ2n) is 6.38. The van der Waals surface area contributed by atoms with Crippen molar-refractivity contribution in [3.63, 3.8) is 0 Å². The minimum atomic E-state index is 0.0793. The molecule has 0 fully saturated rings. The van der Waals surface area contributed by atoms with Gasteiger partial charge in [-0.15, -0.1) is 0 Å². The van der Waals surface area contributed by atoms with E-state index in [4.69, 9.17) is 4.74 Å². The van der Waals surface area contributed by atoms with E-state index in [1.54, 1.807) is 13.2 Å². The molecule has 1 heterocycles. The molecule has 1 aromatic heterocycles. The predicted molar refractivity (Wildman–Crippen MR) is 104 cm³/mol. The number of rotatable bonds is 4. The Kier molecular flexibility index (Phi) is 4.78. The number of aromatic nitrogens is 1. The molecule has 0 atom stereocenters. The van der Waals surface area contributed by atoms with E-state index in [9.17, 15) is 10.5 Å². The van der Waals surface area contributed by atoms with Gasteiger partial charge in [-0.2, -0.15) is 10.5 Å². The first-order valence-corrected chi connectivity index (χ1v) is 8.39. The van der Waals surface area contributed by atoms with Crippen LogP contribution < -0.4 is 4.74 Å². The van der Waals surface area contributed by atoms with Crippen LogP contribution >= 0.6 is 0 Å². The van der Waals surface area contributed by atoms with Gasteiger partial charge < -0.3 is 9.72 Å². The van der Waals surface area contributed by atoms with Crippen molar-refractivity contribution < 1.29 is 4.74 Å². The highest BCUT2D eigenvalue weighted by molar-refractivity contribution is 5.98. The van der Waals surface area contributed by atoms with E-state index < -0.39 is 0 Å². The smallest absolute Gasteiger partial charge is 0.130 e. The highest BCUT2D eigenvalue weighted by Crippen LogP contribution is 2.34. The highest BCUT2D eigenvalue weighted by Gasteiger charge is 2.14. The highest BCUT2D eigenvalue weighted by atomic mass is 16.5. The first-order valence-electron chi connectivity index (χ1n) is 8.39. The number of fused-ring (bicyclic) bond motifs is 1. The summed E-state index contributed by atoms with van der Waals surface area (Å²) in [7, 11) is 1.63. The number of H-pyrrole nitrogens is 1. The zero-order valence-electron chi connectivity index (χ0n) is 15.0. The molecule has 0 unspecified atom stereocenters. The Labute approximate surface area is 153 Å². The van der Waals surface area contributed by atoms with Crippen LogP contribution in [0.2, 0.25) is 0 Å². The molecule has 0 saturated carbocycles. The average molecular weight is 341 g/mol. The molecule has 26 heavy (non-hydrogen) atoms. The van der Waals surface area contributed by atoms with Crippen molar-refractivity contribution >= 4 is 17.0 Å². The third kappa shape index (κ3) is 3.18. The molecule has 0 aliphatic carbocycles. The van der Waals surface area contributed by atoms with Gasteiger partial charge in [-0.25, -0.2) is 0 Å². The van der Waals surface area contributed by atoms with Gasteiger partial charge in [-0.05, 0) is 59.5 Å². The third-order valence-electron chi connectivity index (χ3n) is 4.44. The number of aromatic amines is 1. The Morgan fingerprint density at radius 3 is 2.35 bits per heavy atom. The lowest BCUT2D eigenvalue weighted by Gasteiger charge is -2.05. The molecule has 0 bridgehead atoms. The van der Waals surface area contributed by atoms with Crippen molar-refractivity contribution in [2.24, 2.45) is 0 Å². The fourth-order valence-corrected chi connectivity index (χ4v) is 2.96. The summed E-state index contributed by atoms with van der Waals surface area (Å²) >= 11 is 0. The monoisotopic (exact) mass is 341 g/mol. The molecule has 2 aromatic carbocycles. The molecule has 0 aliphatic heterocycles. The van der Waals surface area contributed by atoms with Crippen LogP contribution in [-0.4, -0.2) is 12.1 Å². The number of ether oxygens (including phenoxy) is 1. The topological polar surface area (TPSA) is 72.6 Å². The maximum Gasteiger partial charge on any atom is 0.130 e. The molecule has 4 heteroatoms. The number of hydrogen-bond donors (Lipinski definition) is 1. The van der Waals surface area contributed by atoms with E-state index >= 15 is 0 Å². The fourth-order valence-electron chi connectivity index (χ4n) is 2.96. The molecule has 128 valence electrons. The number of benzene rings is 2. The molecule has 0 amide bonds. The van der Waals surface area contributed by atoms with Gasteiger partial charge in [-0.3, -0.25) is 0 Å². The van der Waals surface area contributed by atoms with Crippen LogP contribution in [0.5, 0.6) is 5.75 Å². The third-order valence-corrected chi connectivity index (χ3v) is 4.44. The minimum Gasteiger partial charge on any atom is -0.497 e. The normalized spacial score (nSPS) is 10.4.